The second kappa shape index (κ2) is 2.13. The highest BCUT2D eigenvalue weighted by molar-refractivity contribution is 7.76. The number of para-hydroxylation sites is 1. The molecular weight excluding hydrogens is 166 g/mol. The van der Waals surface area contributed by atoms with E-state index in [0.29, 0.717) is 17.2 Å². The molecule has 0 saturated carbocycles. The summed E-state index contributed by atoms with van der Waals surface area (Å²) >= 11 is -1.71. The Morgan fingerprint density at radius 2 is 2.18 bits per heavy atom. The molecule has 0 saturated heterocycles. The zero-order valence-electron chi connectivity index (χ0n) is 5.44. The molecule has 11 heavy (non-hydrogen) atoms. The van der Waals surface area contributed by atoms with Crippen LogP contribution < -0.4 is 14.1 Å². The molecule has 0 aromatic heterocycles. The van der Waals surface area contributed by atoms with Crippen LogP contribution in [0.5, 0.6) is 11.5 Å². The normalized spacial score (nSPS) is 20.2. The van der Waals surface area contributed by atoms with Crippen LogP contribution in [-0.4, -0.2) is 4.21 Å². The van der Waals surface area contributed by atoms with Crippen LogP contribution in [0, 0.1) is 0 Å². The highest BCUT2D eigenvalue weighted by Gasteiger charge is 2.22. The lowest BCUT2D eigenvalue weighted by Gasteiger charge is -1.94. The third-order valence-electron chi connectivity index (χ3n) is 1.32. The van der Waals surface area contributed by atoms with Gasteiger partial charge in [-0.25, -0.2) is 0 Å². The summed E-state index contributed by atoms with van der Waals surface area (Å²) in [5.41, 5.74) is 5.93. The SMILES string of the molecule is Nc1cccc2c1OS(=O)O2. The second-order valence-corrected chi connectivity index (χ2v) is 2.79. The highest BCUT2D eigenvalue weighted by atomic mass is 32.2. The van der Waals surface area contributed by atoms with Crippen molar-refractivity contribution in [2.75, 3.05) is 5.73 Å². The first-order valence-electron chi connectivity index (χ1n) is 2.94. The van der Waals surface area contributed by atoms with E-state index in [-0.39, 0.29) is 0 Å². The summed E-state index contributed by atoms with van der Waals surface area (Å²) in [4.78, 5) is 0. The molecule has 0 spiro atoms. The Morgan fingerprint density at radius 1 is 1.36 bits per heavy atom. The number of nitrogen functional groups attached to an aromatic ring is 1. The van der Waals surface area contributed by atoms with Crippen LogP contribution in [0.2, 0.25) is 0 Å². The van der Waals surface area contributed by atoms with Gasteiger partial charge < -0.3 is 14.1 Å². The van der Waals surface area contributed by atoms with Crippen LogP contribution in [0.15, 0.2) is 18.2 Å². The molecule has 2 N–H and O–H groups in total. The third-order valence-corrected chi connectivity index (χ3v) is 1.94. The van der Waals surface area contributed by atoms with Gasteiger partial charge in [-0.1, -0.05) is 6.07 Å². The van der Waals surface area contributed by atoms with Gasteiger partial charge in [0.2, 0.25) is 5.75 Å². The first-order chi connectivity index (χ1) is 5.27. The maximum Gasteiger partial charge on any atom is 0.418 e. The lowest BCUT2D eigenvalue weighted by Crippen LogP contribution is -1.97. The number of rotatable bonds is 0. The minimum absolute atomic E-state index is 0.367. The summed E-state index contributed by atoms with van der Waals surface area (Å²) < 4.78 is 20.2. The van der Waals surface area contributed by atoms with Crippen molar-refractivity contribution in [3.8, 4) is 11.5 Å². The van der Waals surface area contributed by atoms with E-state index >= 15 is 0 Å². The molecule has 0 amide bonds. The molecule has 1 aliphatic rings. The molecule has 1 aliphatic heterocycles. The van der Waals surface area contributed by atoms with Crippen LogP contribution >= 0.6 is 0 Å². The summed E-state index contributed by atoms with van der Waals surface area (Å²) in [6, 6.07) is 5.02. The predicted molar refractivity (Wildman–Crippen MR) is 40.3 cm³/mol. The molecule has 58 valence electrons. The summed E-state index contributed by atoms with van der Waals surface area (Å²) in [7, 11) is 0. The topological polar surface area (TPSA) is 61.5 Å². The van der Waals surface area contributed by atoms with E-state index in [0.717, 1.165) is 0 Å². The van der Waals surface area contributed by atoms with E-state index in [1.54, 1.807) is 18.2 Å². The highest BCUT2D eigenvalue weighted by Crippen LogP contribution is 2.38. The molecule has 2 rings (SSSR count). The molecule has 4 nitrogen and oxygen atoms in total. The quantitative estimate of drug-likeness (QED) is 0.581. The Hall–Kier alpha value is -1.23. The molecule has 1 unspecified atom stereocenters. The molecule has 0 aliphatic carbocycles. The zero-order chi connectivity index (χ0) is 7.84. The molecule has 1 heterocycles. The van der Waals surface area contributed by atoms with Gasteiger partial charge in [-0.2, -0.15) is 4.21 Å². The Kier molecular flexibility index (Phi) is 1.25. The molecule has 1 aromatic rings. The molecular formula is C6H5NO3S. The Morgan fingerprint density at radius 3 is 2.91 bits per heavy atom. The van der Waals surface area contributed by atoms with Crippen LogP contribution in [0.1, 0.15) is 0 Å². The number of anilines is 1. The van der Waals surface area contributed by atoms with Crippen molar-refractivity contribution < 1.29 is 12.6 Å². The number of hydrogen-bond donors (Lipinski definition) is 1. The second-order valence-electron chi connectivity index (χ2n) is 2.05. The molecule has 1 atom stereocenters. The van der Waals surface area contributed by atoms with E-state index in [4.69, 9.17) is 14.1 Å². The van der Waals surface area contributed by atoms with E-state index in [2.05, 4.69) is 0 Å². The number of hydrogen-bond acceptors (Lipinski definition) is 4. The number of benzene rings is 1. The van der Waals surface area contributed by atoms with E-state index in [1.807, 2.05) is 0 Å². The monoisotopic (exact) mass is 171 g/mol. The van der Waals surface area contributed by atoms with Crippen LogP contribution in [-0.2, 0) is 11.4 Å². The first kappa shape index (κ1) is 6.48. The van der Waals surface area contributed by atoms with Gasteiger partial charge in [0.15, 0.2) is 5.75 Å². The summed E-state index contributed by atoms with van der Waals surface area (Å²) in [5.74, 6) is 0.800. The molecule has 0 bridgehead atoms. The van der Waals surface area contributed by atoms with Crippen LogP contribution in [0.3, 0.4) is 0 Å². The fourth-order valence-electron chi connectivity index (χ4n) is 0.846. The van der Waals surface area contributed by atoms with E-state index in [9.17, 15) is 4.21 Å². The van der Waals surface area contributed by atoms with Crippen LogP contribution in [0.4, 0.5) is 5.69 Å². The average Bonchev–Trinajstić information content (AvgIpc) is 2.31. The predicted octanol–water partition coefficient (Wildman–Crippen LogP) is 0.619. The molecule has 0 fully saturated rings. The largest absolute Gasteiger partial charge is 0.418 e. The van der Waals surface area contributed by atoms with Gasteiger partial charge in [0.05, 0.1) is 5.69 Å². The standard InChI is InChI=1S/C6H5NO3S/c7-4-2-1-3-5-6(4)10-11(8)9-5/h1-3H,7H2. The van der Waals surface area contributed by atoms with Crippen molar-refractivity contribution >= 4 is 17.0 Å². The van der Waals surface area contributed by atoms with Crippen molar-refractivity contribution in [1.82, 2.24) is 0 Å². The van der Waals surface area contributed by atoms with Gasteiger partial charge in [-0.15, -0.1) is 0 Å². The van der Waals surface area contributed by atoms with E-state index < -0.39 is 11.4 Å². The van der Waals surface area contributed by atoms with Crippen molar-refractivity contribution in [1.29, 1.82) is 0 Å². The minimum atomic E-state index is -1.71. The maximum atomic E-state index is 10.7. The lowest BCUT2D eigenvalue weighted by atomic mass is 10.3. The smallest absolute Gasteiger partial charge is 0.396 e. The Bertz CT molecular complexity index is 326. The summed E-state index contributed by atoms with van der Waals surface area (Å²) in [5, 5.41) is 0. The fourth-order valence-corrected chi connectivity index (χ4v) is 1.47. The summed E-state index contributed by atoms with van der Waals surface area (Å²) in [6.07, 6.45) is 0. The van der Waals surface area contributed by atoms with Crippen molar-refractivity contribution in [3.63, 3.8) is 0 Å². The van der Waals surface area contributed by atoms with Crippen LogP contribution in [0.25, 0.3) is 0 Å². The Balaban J connectivity index is 2.57. The lowest BCUT2D eigenvalue weighted by molar-refractivity contribution is 0.520. The fraction of sp³-hybridized carbons (Fsp3) is 0. The molecule has 0 radical (unpaired) electrons. The molecule has 5 heteroatoms. The average molecular weight is 171 g/mol. The van der Waals surface area contributed by atoms with Gasteiger partial charge in [-0.05, 0) is 12.1 Å². The zero-order valence-corrected chi connectivity index (χ0v) is 6.26. The minimum Gasteiger partial charge on any atom is -0.396 e. The maximum absolute atomic E-state index is 10.7. The van der Waals surface area contributed by atoms with Crippen molar-refractivity contribution in [3.05, 3.63) is 18.2 Å². The van der Waals surface area contributed by atoms with Gasteiger partial charge in [0.1, 0.15) is 0 Å². The summed E-state index contributed by atoms with van der Waals surface area (Å²) in [6.45, 7) is 0. The van der Waals surface area contributed by atoms with E-state index in [1.165, 1.54) is 0 Å². The van der Waals surface area contributed by atoms with Crippen molar-refractivity contribution in [2.45, 2.75) is 0 Å². The third kappa shape index (κ3) is 0.932. The molecule has 1 aromatic carbocycles. The van der Waals surface area contributed by atoms with Crippen molar-refractivity contribution in [2.24, 2.45) is 0 Å². The van der Waals surface area contributed by atoms with Gasteiger partial charge in [0, 0.05) is 0 Å². The Labute approximate surface area is 65.8 Å². The number of fused-ring (bicyclic) bond motifs is 1. The van der Waals surface area contributed by atoms with Gasteiger partial charge in [-0.3, -0.25) is 0 Å². The number of nitrogens with two attached hydrogens (primary N) is 1. The first-order valence-corrected chi connectivity index (χ1v) is 3.94. The van der Waals surface area contributed by atoms with Gasteiger partial charge in [0.25, 0.3) is 0 Å². The van der Waals surface area contributed by atoms with Gasteiger partial charge >= 0.3 is 11.4 Å².